The van der Waals surface area contributed by atoms with Crippen LogP contribution in [0.3, 0.4) is 0 Å². The van der Waals surface area contributed by atoms with Gasteiger partial charge in [-0.2, -0.15) is 0 Å². The molecule has 3 aromatic carbocycles. The first-order chi connectivity index (χ1) is 14.3. The summed E-state index contributed by atoms with van der Waals surface area (Å²) in [7, 11) is 0. The Hall–Kier alpha value is -3.63. The zero-order chi connectivity index (χ0) is 19.6. The molecule has 0 bridgehead atoms. The van der Waals surface area contributed by atoms with Gasteiger partial charge in [0.1, 0.15) is 17.9 Å². The maximum atomic E-state index is 6.22. The lowest BCUT2D eigenvalue weighted by atomic mass is 9.99. The number of halogens is 1. The molecule has 0 saturated carbocycles. The van der Waals surface area contributed by atoms with Crippen LogP contribution in [0.25, 0.3) is 33.6 Å². The summed E-state index contributed by atoms with van der Waals surface area (Å²) in [5.74, 6) is 1.45. The highest BCUT2D eigenvalue weighted by molar-refractivity contribution is 6.30. The molecular weight excluding hydrogens is 382 g/mol. The second kappa shape index (κ2) is 7.41. The van der Waals surface area contributed by atoms with E-state index in [9.17, 15) is 0 Å². The number of anilines is 2. The number of hydrogen-bond donors (Lipinski definition) is 1. The summed E-state index contributed by atoms with van der Waals surface area (Å²) in [6.07, 6.45) is 1.51. The first-order valence-corrected chi connectivity index (χ1v) is 9.58. The van der Waals surface area contributed by atoms with Crippen LogP contribution in [-0.4, -0.2) is 9.97 Å². The third-order valence-electron chi connectivity index (χ3n) is 4.69. The molecule has 1 N–H and O–H groups in total. The molecule has 2 aromatic heterocycles. The Bertz CT molecular complexity index is 1270. The van der Waals surface area contributed by atoms with E-state index in [1.165, 1.54) is 6.33 Å². The molecule has 5 rings (SSSR count). The van der Waals surface area contributed by atoms with Gasteiger partial charge < -0.3 is 9.73 Å². The molecule has 0 spiro atoms. The Morgan fingerprint density at radius 3 is 2.07 bits per heavy atom. The van der Waals surface area contributed by atoms with Crippen LogP contribution >= 0.6 is 11.6 Å². The topological polar surface area (TPSA) is 51.0 Å². The van der Waals surface area contributed by atoms with Crippen molar-refractivity contribution in [2.24, 2.45) is 0 Å². The number of nitrogens with zero attached hydrogens (tertiary/aromatic N) is 2. The van der Waals surface area contributed by atoms with Crippen molar-refractivity contribution < 1.29 is 4.42 Å². The van der Waals surface area contributed by atoms with E-state index in [1.54, 1.807) is 0 Å². The fraction of sp³-hybridized carbons (Fsp3) is 0. The second-order valence-electron chi connectivity index (χ2n) is 6.57. The molecule has 0 fully saturated rings. The number of benzene rings is 3. The van der Waals surface area contributed by atoms with Crippen molar-refractivity contribution in [2.75, 3.05) is 5.32 Å². The van der Waals surface area contributed by atoms with Gasteiger partial charge in [-0.15, -0.1) is 0 Å². The predicted molar refractivity (Wildman–Crippen MR) is 117 cm³/mol. The molecule has 2 heterocycles. The van der Waals surface area contributed by atoms with Crippen LogP contribution in [-0.2, 0) is 0 Å². The normalized spacial score (nSPS) is 10.9. The van der Waals surface area contributed by atoms with Gasteiger partial charge in [0, 0.05) is 21.8 Å². The molecule has 5 heteroatoms. The maximum Gasteiger partial charge on any atom is 0.232 e. The number of rotatable bonds is 4. The zero-order valence-corrected chi connectivity index (χ0v) is 16.1. The van der Waals surface area contributed by atoms with Crippen LogP contribution in [0.4, 0.5) is 11.5 Å². The van der Waals surface area contributed by atoms with Crippen LogP contribution in [0.5, 0.6) is 0 Å². The van der Waals surface area contributed by atoms with Gasteiger partial charge in [-0.3, -0.25) is 0 Å². The van der Waals surface area contributed by atoms with E-state index in [4.69, 9.17) is 16.0 Å². The minimum atomic E-state index is 0.536. The van der Waals surface area contributed by atoms with Gasteiger partial charge in [0.05, 0.1) is 5.39 Å². The average molecular weight is 398 g/mol. The molecule has 0 radical (unpaired) electrons. The van der Waals surface area contributed by atoms with E-state index in [2.05, 4.69) is 27.4 Å². The first kappa shape index (κ1) is 17.5. The van der Waals surface area contributed by atoms with Crippen molar-refractivity contribution in [3.8, 4) is 22.5 Å². The molecule has 0 aliphatic carbocycles. The molecule has 0 aliphatic heterocycles. The average Bonchev–Trinajstić information content (AvgIpc) is 3.17. The number of fused-ring (bicyclic) bond motifs is 1. The highest BCUT2D eigenvalue weighted by Gasteiger charge is 2.22. The fourth-order valence-corrected chi connectivity index (χ4v) is 3.50. The number of hydrogen-bond acceptors (Lipinski definition) is 4. The second-order valence-corrected chi connectivity index (χ2v) is 7.01. The summed E-state index contributed by atoms with van der Waals surface area (Å²) >= 11 is 6.02. The molecule has 0 unspecified atom stereocenters. The Kier molecular flexibility index (Phi) is 4.47. The van der Waals surface area contributed by atoms with Crippen molar-refractivity contribution in [3.63, 3.8) is 0 Å². The molecular formula is C24H16ClN3O. The van der Waals surface area contributed by atoms with E-state index < -0.39 is 0 Å². The van der Waals surface area contributed by atoms with Gasteiger partial charge in [0.2, 0.25) is 5.71 Å². The minimum absolute atomic E-state index is 0.536. The number of furan rings is 1. The van der Waals surface area contributed by atoms with Crippen LogP contribution < -0.4 is 5.32 Å². The van der Waals surface area contributed by atoms with Gasteiger partial charge in [-0.1, -0.05) is 72.3 Å². The highest BCUT2D eigenvalue weighted by atomic mass is 35.5. The molecule has 0 saturated heterocycles. The first-order valence-electron chi connectivity index (χ1n) is 9.20. The van der Waals surface area contributed by atoms with Crippen LogP contribution in [0.1, 0.15) is 0 Å². The van der Waals surface area contributed by atoms with E-state index in [-0.39, 0.29) is 0 Å². The van der Waals surface area contributed by atoms with Crippen molar-refractivity contribution in [1.82, 2.24) is 9.97 Å². The molecule has 140 valence electrons. The monoisotopic (exact) mass is 397 g/mol. The highest BCUT2D eigenvalue weighted by Crippen LogP contribution is 2.42. The third kappa shape index (κ3) is 3.35. The molecule has 4 nitrogen and oxygen atoms in total. The largest absolute Gasteiger partial charge is 0.437 e. The quantitative estimate of drug-likeness (QED) is 0.356. The van der Waals surface area contributed by atoms with Crippen LogP contribution in [0.15, 0.2) is 95.7 Å². The minimum Gasteiger partial charge on any atom is -0.437 e. The van der Waals surface area contributed by atoms with Gasteiger partial charge >= 0.3 is 0 Å². The predicted octanol–water partition coefficient (Wildman–Crippen LogP) is 6.95. The van der Waals surface area contributed by atoms with E-state index in [0.717, 1.165) is 33.5 Å². The Morgan fingerprint density at radius 2 is 1.38 bits per heavy atom. The van der Waals surface area contributed by atoms with Gasteiger partial charge in [0.15, 0.2) is 0 Å². The Morgan fingerprint density at radius 1 is 0.724 bits per heavy atom. The lowest BCUT2D eigenvalue weighted by Gasteiger charge is -2.08. The van der Waals surface area contributed by atoms with Crippen LogP contribution in [0, 0.1) is 0 Å². The lowest BCUT2D eigenvalue weighted by Crippen LogP contribution is -1.95. The third-order valence-corrected chi connectivity index (χ3v) is 4.95. The van der Waals surface area contributed by atoms with Crippen molar-refractivity contribution >= 4 is 34.2 Å². The van der Waals surface area contributed by atoms with Gasteiger partial charge in [0.25, 0.3) is 0 Å². The van der Waals surface area contributed by atoms with Gasteiger partial charge in [-0.05, 0) is 29.8 Å². The van der Waals surface area contributed by atoms with Crippen LogP contribution in [0.2, 0.25) is 5.02 Å². The lowest BCUT2D eigenvalue weighted by molar-refractivity contribution is 0.618. The van der Waals surface area contributed by atoms with E-state index >= 15 is 0 Å². The standard InChI is InChI=1S/C24H16ClN3O/c25-18-11-13-19(14-12-18)28-23-21-20(16-7-3-1-4-8-16)22(17-9-5-2-6-10-17)29-24(21)27-15-26-23/h1-15H,(H,26,27,28). The van der Waals surface area contributed by atoms with Gasteiger partial charge in [-0.25, -0.2) is 9.97 Å². The summed E-state index contributed by atoms with van der Waals surface area (Å²) in [6.45, 7) is 0. The van der Waals surface area contributed by atoms with E-state index in [0.29, 0.717) is 16.6 Å². The zero-order valence-electron chi connectivity index (χ0n) is 15.3. The fourth-order valence-electron chi connectivity index (χ4n) is 3.37. The molecule has 0 atom stereocenters. The maximum absolute atomic E-state index is 6.22. The summed E-state index contributed by atoms with van der Waals surface area (Å²) < 4.78 is 6.22. The molecule has 0 aliphatic rings. The van der Waals surface area contributed by atoms with Crippen molar-refractivity contribution in [2.45, 2.75) is 0 Å². The smallest absolute Gasteiger partial charge is 0.232 e. The summed E-state index contributed by atoms with van der Waals surface area (Å²) in [4.78, 5) is 8.89. The SMILES string of the molecule is Clc1ccc(Nc2ncnc3oc(-c4ccccc4)c(-c4ccccc4)c23)cc1. The Balaban J connectivity index is 1.76. The summed E-state index contributed by atoms with van der Waals surface area (Å²) in [6, 6.07) is 27.7. The van der Waals surface area contributed by atoms with Crippen molar-refractivity contribution in [3.05, 3.63) is 96.3 Å². The molecule has 0 amide bonds. The summed E-state index contributed by atoms with van der Waals surface area (Å²) in [5.41, 5.74) is 4.41. The molecule has 5 aromatic rings. The number of aromatic nitrogens is 2. The van der Waals surface area contributed by atoms with Crippen molar-refractivity contribution in [1.29, 1.82) is 0 Å². The Labute approximate surface area is 172 Å². The van der Waals surface area contributed by atoms with E-state index in [1.807, 2.05) is 72.8 Å². The number of nitrogens with one attached hydrogen (secondary N) is 1. The summed E-state index contributed by atoms with van der Waals surface area (Å²) in [5, 5.41) is 4.90. The molecule has 29 heavy (non-hydrogen) atoms.